The normalized spacial score (nSPS) is 12.9. The number of benzene rings is 2. The number of fused-ring (bicyclic) bond motifs is 1. The van der Waals surface area contributed by atoms with E-state index in [4.69, 9.17) is 11.6 Å². The maximum Gasteiger partial charge on any atom is 0.255 e. The quantitative estimate of drug-likeness (QED) is 0.667. The van der Waals surface area contributed by atoms with E-state index in [1.165, 1.54) is 0 Å². The molecular weight excluding hydrogens is 372 g/mol. The lowest BCUT2D eigenvalue weighted by Gasteiger charge is -2.26. The fourth-order valence-corrected chi connectivity index (χ4v) is 4.02. The van der Waals surface area contributed by atoms with E-state index in [2.05, 4.69) is 5.32 Å². The molecular formula is C23H21ClN2O2. The number of nitrogens with zero attached hydrogens (tertiary/aromatic N) is 1. The van der Waals surface area contributed by atoms with E-state index < -0.39 is 0 Å². The fraction of sp³-hybridized carbons (Fsp3) is 0.217. The smallest absolute Gasteiger partial charge is 0.255 e. The first-order valence-electron chi connectivity index (χ1n) is 9.41. The number of hydrogen-bond acceptors (Lipinski definition) is 3. The second kappa shape index (κ2) is 7.64. The van der Waals surface area contributed by atoms with Crippen molar-refractivity contribution < 1.29 is 4.79 Å². The van der Waals surface area contributed by atoms with Gasteiger partial charge in [0.2, 0.25) is 0 Å². The average molecular weight is 393 g/mol. The van der Waals surface area contributed by atoms with Gasteiger partial charge in [0.1, 0.15) is 5.82 Å². The SMILES string of the molecule is Cc1c(C(=O)c2ccccc2Cl)c2n(c(=O)c1Cc1ccccc1)CCCN2. The zero-order valence-electron chi connectivity index (χ0n) is 15.7. The van der Waals surface area contributed by atoms with Gasteiger partial charge in [-0.15, -0.1) is 0 Å². The van der Waals surface area contributed by atoms with Crippen molar-refractivity contribution in [1.29, 1.82) is 0 Å². The Labute approximate surface area is 168 Å². The highest BCUT2D eigenvalue weighted by atomic mass is 35.5. The van der Waals surface area contributed by atoms with Crippen molar-refractivity contribution in [3.05, 3.63) is 97.8 Å². The lowest BCUT2D eigenvalue weighted by atomic mass is 9.93. The second-order valence-corrected chi connectivity index (χ2v) is 7.44. The summed E-state index contributed by atoms with van der Waals surface area (Å²) >= 11 is 6.30. The van der Waals surface area contributed by atoms with Crippen molar-refractivity contribution in [3.8, 4) is 0 Å². The van der Waals surface area contributed by atoms with Crippen molar-refractivity contribution in [2.75, 3.05) is 11.9 Å². The molecule has 0 saturated carbocycles. The number of pyridine rings is 1. The Morgan fingerprint density at radius 1 is 1.11 bits per heavy atom. The van der Waals surface area contributed by atoms with Gasteiger partial charge in [0, 0.05) is 30.6 Å². The molecule has 0 aliphatic carbocycles. The summed E-state index contributed by atoms with van der Waals surface area (Å²) in [5, 5.41) is 3.69. The molecule has 0 atom stereocenters. The third kappa shape index (κ3) is 3.25. The first kappa shape index (κ1) is 18.5. The first-order valence-corrected chi connectivity index (χ1v) is 9.79. The van der Waals surface area contributed by atoms with Crippen molar-refractivity contribution >= 4 is 23.2 Å². The minimum atomic E-state index is -0.157. The number of carbonyl (C=O) groups excluding carboxylic acids is 1. The van der Waals surface area contributed by atoms with Crippen molar-refractivity contribution in [1.82, 2.24) is 4.57 Å². The fourth-order valence-electron chi connectivity index (χ4n) is 3.80. The Balaban J connectivity index is 1.92. The van der Waals surface area contributed by atoms with Crippen LogP contribution in [-0.4, -0.2) is 16.9 Å². The van der Waals surface area contributed by atoms with Gasteiger partial charge in [-0.3, -0.25) is 14.2 Å². The van der Waals surface area contributed by atoms with Crippen LogP contribution in [0.25, 0.3) is 0 Å². The van der Waals surface area contributed by atoms with Crippen molar-refractivity contribution in [2.45, 2.75) is 26.3 Å². The van der Waals surface area contributed by atoms with E-state index >= 15 is 0 Å². The molecule has 0 spiro atoms. The number of rotatable bonds is 4. The van der Waals surface area contributed by atoms with Gasteiger partial charge in [-0.2, -0.15) is 0 Å². The largest absolute Gasteiger partial charge is 0.371 e. The Morgan fingerprint density at radius 2 is 1.82 bits per heavy atom. The van der Waals surface area contributed by atoms with Crippen LogP contribution in [0, 0.1) is 6.92 Å². The van der Waals surface area contributed by atoms with Crippen LogP contribution < -0.4 is 10.9 Å². The maximum absolute atomic E-state index is 13.4. The van der Waals surface area contributed by atoms with E-state index in [9.17, 15) is 9.59 Å². The summed E-state index contributed by atoms with van der Waals surface area (Å²) in [5.74, 6) is 0.450. The van der Waals surface area contributed by atoms with E-state index in [1.807, 2.05) is 37.3 Å². The molecule has 2 aromatic carbocycles. The topological polar surface area (TPSA) is 51.1 Å². The predicted octanol–water partition coefficient (Wildman–Crippen LogP) is 4.45. The van der Waals surface area contributed by atoms with Crippen LogP contribution in [0.2, 0.25) is 5.02 Å². The van der Waals surface area contributed by atoms with E-state index in [1.54, 1.807) is 28.8 Å². The summed E-state index contributed by atoms with van der Waals surface area (Å²) in [6, 6.07) is 16.9. The molecule has 1 N–H and O–H groups in total. The molecule has 0 radical (unpaired) electrons. The molecule has 5 heteroatoms. The zero-order valence-corrected chi connectivity index (χ0v) is 16.4. The summed E-state index contributed by atoms with van der Waals surface area (Å²) in [5.41, 5.74) is 3.39. The number of ketones is 1. The molecule has 1 aliphatic heterocycles. The Morgan fingerprint density at radius 3 is 2.57 bits per heavy atom. The van der Waals surface area contributed by atoms with Gasteiger partial charge in [-0.05, 0) is 36.6 Å². The van der Waals surface area contributed by atoms with Crippen LogP contribution in [-0.2, 0) is 13.0 Å². The van der Waals surface area contributed by atoms with Gasteiger partial charge in [0.25, 0.3) is 5.56 Å². The van der Waals surface area contributed by atoms with E-state index in [0.717, 1.165) is 24.1 Å². The Hall–Kier alpha value is -2.85. The van der Waals surface area contributed by atoms with Gasteiger partial charge in [0.15, 0.2) is 5.78 Å². The minimum Gasteiger partial charge on any atom is -0.371 e. The van der Waals surface area contributed by atoms with Gasteiger partial charge >= 0.3 is 0 Å². The van der Waals surface area contributed by atoms with E-state index in [-0.39, 0.29) is 11.3 Å². The number of carbonyl (C=O) groups is 1. The molecule has 0 saturated heterocycles. The molecule has 4 nitrogen and oxygen atoms in total. The lowest BCUT2D eigenvalue weighted by Crippen LogP contribution is -2.34. The van der Waals surface area contributed by atoms with E-state index in [0.29, 0.717) is 40.5 Å². The van der Waals surface area contributed by atoms with Crippen molar-refractivity contribution in [2.24, 2.45) is 0 Å². The summed E-state index contributed by atoms with van der Waals surface area (Å²) in [7, 11) is 0. The summed E-state index contributed by atoms with van der Waals surface area (Å²) in [6.07, 6.45) is 1.34. The summed E-state index contributed by atoms with van der Waals surface area (Å²) in [4.78, 5) is 26.6. The number of halogens is 1. The number of anilines is 1. The molecule has 0 fully saturated rings. The maximum atomic E-state index is 13.4. The van der Waals surface area contributed by atoms with Gasteiger partial charge in [-0.1, -0.05) is 54.1 Å². The van der Waals surface area contributed by atoms with Gasteiger partial charge in [-0.25, -0.2) is 0 Å². The molecule has 2 heterocycles. The van der Waals surface area contributed by atoms with Crippen LogP contribution >= 0.6 is 11.6 Å². The molecule has 1 aromatic heterocycles. The van der Waals surface area contributed by atoms with Crippen LogP contribution in [0.5, 0.6) is 0 Å². The highest BCUT2D eigenvalue weighted by Gasteiger charge is 2.27. The molecule has 28 heavy (non-hydrogen) atoms. The monoisotopic (exact) mass is 392 g/mol. The molecule has 0 amide bonds. The van der Waals surface area contributed by atoms with Crippen LogP contribution in [0.15, 0.2) is 59.4 Å². The number of nitrogens with one attached hydrogen (secondary N) is 1. The first-order chi connectivity index (χ1) is 13.6. The van der Waals surface area contributed by atoms with Crippen molar-refractivity contribution in [3.63, 3.8) is 0 Å². The zero-order chi connectivity index (χ0) is 19.7. The lowest BCUT2D eigenvalue weighted by molar-refractivity contribution is 0.103. The highest BCUT2D eigenvalue weighted by molar-refractivity contribution is 6.35. The third-order valence-corrected chi connectivity index (χ3v) is 5.59. The Kier molecular flexibility index (Phi) is 5.05. The summed E-state index contributed by atoms with van der Waals surface area (Å²) < 4.78 is 1.71. The molecule has 4 rings (SSSR count). The van der Waals surface area contributed by atoms with Crippen LogP contribution in [0.4, 0.5) is 5.82 Å². The molecule has 0 unspecified atom stereocenters. The van der Waals surface area contributed by atoms with Crippen LogP contribution in [0.3, 0.4) is 0 Å². The Bertz CT molecular complexity index is 1100. The third-order valence-electron chi connectivity index (χ3n) is 5.26. The molecule has 3 aromatic rings. The number of aromatic nitrogens is 1. The minimum absolute atomic E-state index is 0.0285. The number of hydrogen-bond donors (Lipinski definition) is 1. The molecule has 142 valence electrons. The van der Waals surface area contributed by atoms with Gasteiger partial charge in [0.05, 0.1) is 10.6 Å². The highest BCUT2D eigenvalue weighted by Crippen LogP contribution is 2.29. The average Bonchev–Trinajstić information content (AvgIpc) is 2.72. The second-order valence-electron chi connectivity index (χ2n) is 7.04. The molecule has 1 aliphatic rings. The molecule has 0 bridgehead atoms. The standard InChI is InChI=1S/C23H21ClN2O2/c1-15-18(14-16-8-3-2-4-9-16)23(28)26-13-7-12-25-22(26)20(15)21(27)17-10-5-6-11-19(17)24/h2-6,8-11,25H,7,12-14H2,1H3. The predicted molar refractivity (Wildman–Crippen MR) is 113 cm³/mol. The van der Waals surface area contributed by atoms with Crippen LogP contribution in [0.1, 0.15) is 39.0 Å². The summed E-state index contributed by atoms with van der Waals surface area (Å²) in [6.45, 7) is 3.20. The van der Waals surface area contributed by atoms with Gasteiger partial charge < -0.3 is 5.32 Å².